The van der Waals surface area contributed by atoms with Crippen LogP contribution in [0.15, 0.2) is 66.7 Å². The fourth-order valence-corrected chi connectivity index (χ4v) is 6.99. The number of hydrogen-bond donors (Lipinski definition) is 0. The molecular formula is C31H40Cl2N2ORu. The Labute approximate surface area is 237 Å². The minimum absolute atomic E-state index is 0.0787. The van der Waals surface area contributed by atoms with Crippen molar-refractivity contribution in [2.75, 3.05) is 18.5 Å². The molecule has 0 saturated carbocycles. The van der Waals surface area contributed by atoms with Crippen LogP contribution in [0.3, 0.4) is 0 Å². The molecule has 0 bridgehead atoms. The van der Waals surface area contributed by atoms with E-state index in [0.717, 1.165) is 22.3 Å². The molecule has 0 aliphatic carbocycles. The largest absolute Gasteiger partial charge is 0.460 e. The molecule has 6 heteroatoms. The molecule has 1 fully saturated rings. The van der Waals surface area contributed by atoms with E-state index in [4.69, 9.17) is 24.1 Å². The first-order valence-corrected chi connectivity index (χ1v) is 18.0. The van der Waals surface area contributed by atoms with Crippen LogP contribution in [0.25, 0.3) is 0 Å². The second kappa shape index (κ2) is 12.4. The van der Waals surface area contributed by atoms with Gasteiger partial charge in [0, 0.05) is 12.7 Å². The van der Waals surface area contributed by atoms with Crippen molar-refractivity contribution >= 4 is 35.4 Å². The monoisotopic (exact) mass is 628 g/mol. The summed E-state index contributed by atoms with van der Waals surface area (Å²) in [5.74, 6) is 0.850. The molecule has 1 aliphatic rings. The van der Waals surface area contributed by atoms with Crippen LogP contribution in [-0.2, 0) is 13.5 Å². The van der Waals surface area contributed by atoms with Gasteiger partial charge in [-0.3, -0.25) is 0 Å². The number of quaternary nitrogens is 1. The van der Waals surface area contributed by atoms with Gasteiger partial charge in [0.15, 0.2) is 0 Å². The normalized spacial score (nSPS) is 18.8. The van der Waals surface area contributed by atoms with E-state index >= 15 is 0 Å². The third-order valence-corrected chi connectivity index (χ3v) is 8.26. The van der Waals surface area contributed by atoms with E-state index in [1.54, 1.807) is 0 Å². The predicted octanol–water partition coefficient (Wildman–Crippen LogP) is 8.52. The number of hydrogen-bond acceptors (Lipinski definition) is 2. The van der Waals surface area contributed by atoms with Crippen LogP contribution >= 0.6 is 19.4 Å². The molecular weight excluding hydrogens is 588 g/mol. The molecule has 4 rings (SSSR count). The van der Waals surface area contributed by atoms with Crippen molar-refractivity contribution in [2.24, 2.45) is 0 Å². The molecule has 3 aromatic carbocycles. The molecule has 0 N–H and O–H groups in total. The smallest absolute Gasteiger partial charge is 0.107 e. The Kier molecular flexibility index (Phi) is 10.0. The summed E-state index contributed by atoms with van der Waals surface area (Å²) in [6, 6.07) is 23.2. The first-order chi connectivity index (χ1) is 17.3. The van der Waals surface area contributed by atoms with Crippen molar-refractivity contribution in [1.82, 2.24) is 4.48 Å². The molecule has 1 atom stereocenters. The van der Waals surface area contributed by atoms with Gasteiger partial charge >= 0.3 is 97.8 Å². The number of rotatable bonds is 5. The molecule has 1 unspecified atom stereocenters. The number of halogens is 2. The second-order valence-corrected chi connectivity index (χ2v) is 16.5. The van der Waals surface area contributed by atoms with E-state index in [2.05, 4.69) is 95.7 Å². The van der Waals surface area contributed by atoms with Crippen LogP contribution < -0.4 is 14.1 Å². The van der Waals surface area contributed by atoms with Crippen LogP contribution in [0.2, 0.25) is 0 Å². The predicted molar refractivity (Wildman–Crippen MR) is 160 cm³/mol. The zero-order valence-electron chi connectivity index (χ0n) is 23.2. The molecule has 0 radical (unpaired) electrons. The maximum absolute atomic E-state index is 5.82. The SMILES string of the molecule is CC(C)Oc1ccccc1[CH]=[Ru]([Cl])[Cl].Cc1cc(C)c(N2[CH-][N+](C)(c3ccccc3)CC2(C)C)c(C)c1. The summed E-state index contributed by atoms with van der Waals surface area (Å²) in [5.41, 5.74) is 7.81. The van der Waals surface area contributed by atoms with Gasteiger partial charge < -0.3 is 9.38 Å². The van der Waals surface area contributed by atoms with Crippen LogP contribution in [0, 0.1) is 27.4 Å². The number of likely N-dealkylation sites (N-methyl/N-ethyl adjacent to an activating group) is 1. The molecule has 202 valence electrons. The van der Waals surface area contributed by atoms with Gasteiger partial charge in [-0.15, -0.1) is 0 Å². The fraction of sp³-hybridized carbons (Fsp3) is 0.355. The molecule has 37 heavy (non-hydrogen) atoms. The van der Waals surface area contributed by atoms with Gasteiger partial charge in [-0.05, 0) is 64.5 Å². The maximum atomic E-state index is 5.82. The first-order valence-electron chi connectivity index (χ1n) is 12.6. The van der Waals surface area contributed by atoms with E-state index in [1.165, 1.54) is 28.1 Å². The number of nitrogens with zero attached hydrogens (tertiary/aromatic N) is 2. The summed E-state index contributed by atoms with van der Waals surface area (Å²) < 4.78 is 8.35. The molecule has 3 nitrogen and oxygen atoms in total. The van der Waals surface area contributed by atoms with E-state index < -0.39 is 13.5 Å². The molecule has 0 amide bonds. The average Bonchev–Trinajstić information content (AvgIpc) is 3.04. The van der Waals surface area contributed by atoms with Gasteiger partial charge in [0.05, 0.1) is 12.1 Å². The Morgan fingerprint density at radius 2 is 1.54 bits per heavy atom. The summed E-state index contributed by atoms with van der Waals surface area (Å²) in [6.07, 6.45) is 0.163. The van der Waals surface area contributed by atoms with Crippen molar-refractivity contribution in [3.05, 3.63) is 95.7 Å². The van der Waals surface area contributed by atoms with E-state index in [0.29, 0.717) is 0 Å². The van der Waals surface area contributed by atoms with Crippen molar-refractivity contribution in [3.8, 4) is 5.75 Å². The Balaban J connectivity index is 0.000000233. The fourth-order valence-electron chi connectivity index (χ4n) is 5.18. The van der Waals surface area contributed by atoms with Crippen LogP contribution in [0.1, 0.15) is 49.9 Å². The molecule has 3 aromatic rings. The van der Waals surface area contributed by atoms with Gasteiger partial charge in [0.2, 0.25) is 0 Å². The summed E-state index contributed by atoms with van der Waals surface area (Å²) in [4.78, 5) is 2.49. The summed E-state index contributed by atoms with van der Waals surface area (Å²) in [6.45, 7) is 18.7. The topological polar surface area (TPSA) is 12.5 Å². The average molecular weight is 629 g/mol. The number of benzene rings is 3. The Hall–Kier alpha value is -1.71. The number of aryl methyl sites for hydroxylation is 3. The van der Waals surface area contributed by atoms with Crippen molar-refractivity contribution < 1.29 is 18.3 Å². The molecule has 1 aliphatic heterocycles. The number of ether oxygens (including phenoxy) is 1. The second-order valence-electron chi connectivity index (χ2n) is 10.8. The quantitative estimate of drug-likeness (QED) is 0.160. The Bertz CT molecular complexity index is 1220. The van der Waals surface area contributed by atoms with Crippen molar-refractivity contribution in [2.45, 2.75) is 60.1 Å². The summed E-state index contributed by atoms with van der Waals surface area (Å²) in [5, 5.41) is 0. The van der Waals surface area contributed by atoms with Crippen LogP contribution in [0.5, 0.6) is 5.75 Å². The molecule has 0 spiro atoms. The summed E-state index contributed by atoms with van der Waals surface area (Å²) in [7, 11) is 13.9. The first kappa shape index (κ1) is 29.8. The Morgan fingerprint density at radius 3 is 2.11 bits per heavy atom. The van der Waals surface area contributed by atoms with Crippen LogP contribution in [-0.4, -0.2) is 29.8 Å². The molecule has 1 heterocycles. The summed E-state index contributed by atoms with van der Waals surface area (Å²) >= 11 is -1.77. The third-order valence-electron chi connectivity index (χ3n) is 6.43. The molecule has 1 saturated heterocycles. The van der Waals surface area contributed by atoms with Gasteiger partial charge in [-0.2, -0.15) is 0 Å². The van der Waals surface area contributed by atoms with Crippen LogP contribution in [0.4, 0.5) is 11.4 Å². The van der Waals surface area contributed by atoms with Crippen molar-refractivity contribution in [3.63, 3.8) is 0 Å². The van der Waals surface area contributed by atoms with E-state index in [-0.39, 0.29) is 11.6 Å². The van der Waals surface area contributed by atoms with Crippen molar-refractivity contribution in [1.29, 1.82) is 0 Å². The van der Waals surface area contributed by atoms with Gasteiger partial charge in [-0.1, -0.05) is 35.9 Å². The van der Waals surface area contributed by atoms with Gasteiger partial charge in [0.1, 0.15) is 5.69 Å². The number of para-hydroxylation sites is 2. The minimum atomic E-state index is -1.77. The van der Waals surface area contributed by atoms with Gasteiger partial charge in [0.25, 0.3) is 0 Å². The minimum Gasteiger partial charge on any atom is -0.460 e. The zero-order valence-corrected chi connectivity index (χ0v) is 26.5. The molecule has 0 aromatic heterocycles. The maximum Gasteiger partial charge on any atom is 0.107 e. The van der Waals surface area contributed by atoms with Gasteiger partial charge in [-0.25, -0.2) is 0 Å². The van der Waals surface area contributed by atoms with E-state index in [9.17, 15) is 0 Å². The third kappa shape index (κ3) is 7.67. The number of anilines is 1. The zero-order chi connectivity index (χ0) is 27.4. The standard InChI is InChI=1S/C21H28N2.C10H12O.2ClH.Ru/c1-16-12-17(2)20(18(3)13-16)22-15-23(6,14-21(22,4)5)19-10-8-7-9-11-19;1-8(2)11-10-7-5-4-6-9(10)3;;;/h7-13,15H,14H2,1-6H3;3-8H,1-2H3;2*1H;/q;;;;+2/p-2. The van der Waals surface area contributed by atoms with E-state index in [1.807, 2.05) is 42.7 Å². The Morgan fingerprint density at radius 1 is 0.973 bits per heavy atom.